The lowest BCUT2D eigenvalue weighted by Crippen LogP contribution is -2.35. The second-order valence-corrected chi connectivity index (χ2v) is 4.76. The zero-order valence-electron chi connectivity index (χ0n) is 8.62. The van der Waals surface area contributed by atoms with Crippen LogP contribution in [0.5, 0.6) is 0 Å². The predicted molar refractivity (Wildman–Crippen MR) is 61.0 cm³/mol. The van der Waals surface area contributed by atoms with Crippen LogP contribution in [0, 0.1) is 0 Å². The average Bonchev–Trinajstić information content (AvgIpc) is 2.57. The SMILES string of the molecule is O=c1ccn(C2OC(CO)[C@@H](O)C2Br)c(=O)[nH]1. The molecule has 0 spiro atoms. The van der Waals surface area contributed by atoms with Gasteiger partial charge in [0.25, 0.3) is 5.56 Å². The van der Waals surface area contributed by atoms with Crippen LogP contribution in [0.2, 0.25) is 0 Å². The van der Waals surface area contributed by atoms with E-state index in [9.17, 15) is 14.7 Å². The summed E-state index contributed by atoms with van der Waals surface area (Å²) < 4.78 is 6.49. The van der Waals surface area contributed by atoms with Crippen molar-refractivity contribution in [1.29, 1.82) is 0 Å². The van der Waals surface area contributed by atoms with E-state index in [1.807, 2.05) is 0 Å². The molecule has 7 nitrogen and oxygen atoms in total. The third kappa shape index (κ3) is 2.21. The van der Waals surface area contributed by atoms with Gasteiger partial charge in [-0.1, -0.05) is 15.9 Å². The molecule has 2 rings (SSSR count). The van der Waals surface area contributed by atoms with Crippen molar-refractivity contribution < 1.29 is 14.9 Å². The Labute approximate surface area is 104 Å². The molecule has 1 aliphatic heterocycles. The van der Waals surface area contributed by atoms with E-state index >= 15 is 0 Å². The molecule has 1 aromatic heterocycles. The summed E-state index contributed by atoms with van der Waals surface area (Å²) >= 11 is 3.20. The predicted octanol–water partition coefficient (Wildman–Crippen LogP) is -1.45. The van der Waals surface area contributed by atoms with Crippen LogP contribution in [0.25, 0.3) is 0 Å². The van der Waals surface area contributed by atoms with Gasteiger partial charge in [-0.05, 0) is 0 Å². The number of aromatic amines is 1. The first-order chi connectivity index (χ1) is 8.04. The maximum Gasteiger partial charge on any atom is 0.330 e. The normalized spacial score (nSPS) is 32.9. The van der Waals surface area contributed by atoms with E-state index < -0.39 is 34.5 Å². The highest BCUT2D eigenvalue weighted by Gasteiger charge is 2.43. The first-order valence-corrected chi connectivity index (χ1v) is 5.86. The van der Waals surface area contributed by atoms with E-state index in [-0.39, 0.29) is 6.61 Å². The molecule has 3 unspecified atom stereocenters. The fraction of sp³-hybridized carbons (Fsp3) is 0.556. The van der Waals surface area contributed by atoms with Crippen LogP contribution < -0.4 is 11.2 Å². The number of alkyl halides is 1. The number of hydrogen-bond acceptors (Lipinski definition) is 5. The van der Waals surface area contributed by atoms with Crippen molar-refractivity contribution in [2.45, 2.75) is 23.3 Å². The van der Waals surface area contributed by atoms with Crippen LogP contribution in [-0.4, -0.2) is 43.4 Å². The molecule has 1 aliphatic rings. The lowest BCUT2D eigenvalue weighted by molar-refractivity contribution is -0.0456. The largest absolute Gasteiger partial charge is 0.394 e. The van der Waals surface area contributed by atoms with E-state index in [0.29, 0.717) is 0 Å². The molecule has 0 saturated carbocycles. The van der Waals surface area contributed by atoms with E-state index in [1.54, 1.807) is 0 Å². The number of rotatable bonds is 2. The van der Waals surface area contributed by atoms with Gasteiger partial charge in [0.15, 0.2) is 6.23 Å². The minimum Gasteiger partial charge on any atom is -0.394 e. The first kappa shape index (κ1) is 12.5. The van der Waals surface area contributed by atoms with Gasteiger partial charge in [-0.2, -0.15) is 0 Å². The molecule has 0 aromatic carbocycles. The maximum atomic E-state index is 11.5. The topological polar surface area (TPSA) is 105 Å². The van der Waals surface area contributed by atoms with Crippen molar-refractivity contribution in [1.82, 2.24) is 9.55 Å². The summed E-state index contributed by atoms with van der Waals surface area (Å²) in [5.74, 6) is 0. The van der Waals surface area contributed by atoms with Gasteiger partial charge in [0.2, 0.25) is 0 Å². The second-order valence-electron chi connectivity index (χ2n) is 3.70. The molecular weight excluding hydrogens is 296 g/mol. The van der Waals surface area contributed by atoms with Crippen LogP contribution >= 0.6 is 15.9 Å². The number of hydrogen-bond donors (Lipinski definition) is 3. The summed E-state index contributed by atoms with van der Waals surface area (Å²) in [6, 6.07) is 1.18. The number of aromatic nitrogens is 2. The molecule has 0 radical (unpaired) electrons. The molecule has 1 fully saturated rings. The van der Waals surface area contributed by atoms with Gasteiger partial charge in [-0.25, -0.2) is 4.79 Å². The molecular formula is C9H11BrN2O5. The van der Waals surface area contributed by atoms with E-state index in [1.165, 1.54) is 12.3 Å². The second kappa shape index (κ2) is 4.73. The van der Waals surface area contributed by atoms with Gasteiger partial charge < -0.3 is 14.9 Å². The number of aliphatic hydroxyl groups excluding tert-OH is 2. The third-order valence-corrected chi connectivity index (χ3v) is 3.59. The van der Waals surface area contributed by atoms with Crippen molar-refractivity contribution in [2.75, 3.05) is 6.61 Å². The monoisotopic (exact) mass is 306 g/mol. The maximum absolute atomic E-state index is 11.5. The molecule has 0 amide bonds. The van der Waals surface area contributed by atoms with Gasteiger partial charge in [0.1, 0.15) is 6.10 Å². The summed E-state index contributed by atoms with van der Waals surface area (Å²) in [7, 11) is 0. The van der Waals surface area contributed by atoms with Crippen LogP contribution in [-0.2, 0) is 4.74 Å². The number of aliphatic hydroxyl groups is 2. The Morgan fingerprint density at radius 3 is 2.76 bits per heavy atom. The van der Waals surface area contributed by atoms with Crippen LogP contribution in [0.4, 0.5) is 0 Å². The lowest BCUT2D eigenvalue weighted by atomic mass is 10.2. The van der Waals surface area contributed by atoms with Crippen LogP contribution in [0.15, 0.2) is 21.9 Å². The summed E-state index contributed by atoms with van der Waals surface area (Å²) in [6.45, 7) is -0.349. The van der Waals surface area contributed by atoms with Crippen molar-refractivity contribution in [3.63, 3.8) is 0 Å². The Hall–Kier alpha value is -0.960. The molecule has 2 heterocycles. The van der Waals surface area contributed by atoms with E-state index in [0.717, 1.165) is 4.57 Å². The quantitative estimate of drug-likeness (QED) is 0.580. The fourth-order valence-corrected chi connectivity index (χ4v) is 2.43. The van der Waals surface area contributed by atoms with E-state index in [4.69, 9.17) is 9.84 Å². The van der Waals surface area contributed by atoms with Crippen LogP contribution in [0.3, 0.4) is 0 Å². The average molecular weight is 307 g/mol. The number of halogens is 1. The third-order valence-electron chi connectivity index (χ3n) is 2.60. The molecule has 8 heteroatoms. The number of nitrogens with zero attached hydrogens (tertiary/aromatic N) is 1. The Balaban J connectivity index is 2.35. The molecule has 94 valence electrons. The minimum absolute atomic E-state index is 0.349. The van der Waals surface area contributed by atoms with E-state index in [2.05, 4.69) is 20.9 Å². The summed E-state index contributed by atoms with van der Waals surface area (Å²) in [6.07, 6.45) is -1.18. The molecule has 0 bridgehead atoms. The molecule has 17 heavy (non-hydrogen) atoms. The van der Waals surface area contributed by atoms with Crippen LogP contribution in [0.1, 0.15) is 6.23 Å². The van der Waals surface area contributed by atoms with Gasteiger partial charge in [0, 0.05) is 12.3 Å². The van der Waals surface area contributed by atoms with Gasteiger partial charge in [0.05, 0.1) is 17.5 Å². The minimum atomic E-state index is -0.927. The smallest absolute Gasteiger partial charge is 0.330 e. The standard InChI is InChI=1S/C9H11BrN2O5/c10-6-7(15)4(3-13)17-8(6)12-2-1-5(14)11-9(12)16/h1-2,4,6-8,13,15H,3H2,(H,11,14,16)/t4?,6?,7-,8?/m1/s1. The van der Waals surface area contributed by atoms with Crippen molar-refractivity contribution in [3.8, 4) is 0 Å². The van der Waals surface area contributed by atoms with Gasteiger partial charge in [-0.15, -0.1) is 0 Å². The zero-order valence-corrected chi connectivity index (χ0v) is 10.2. The number of H-pyrrole nitrogens is 1. The van der Waals surface area contributed by atoms with Crippen molar-refractivity contribution in [2.24, 2.45) is 0 Å². The zero-order chi connectivity index (χ0) is 12.6. The molecule has 4 atom stereocenters. The van der Waals surface area contributed by atoms with Gasteiger partial charge >= 0.3 is 5.69 Å². The molecule has 1 aromatic rings. The Morgan fingerprint density at radius 2 is 2.24 bits per heavy atom. The molecule has 3 N–H and O–H groups in total. The lowest BCUT2D eigenvalue weighted by Gasteiger charge is -2.16. The molecule has 0 aliphatic carbocycles. The highest BCUT2D eigenvalue weighted by Crippen LogP contribution is 2.33. The highest BCUT2D eigenvalue weighted by atomic mass is 79.9. The summed E-state index contributed by atoms with van der Waals surface area (Å²) in [5, 5.41) is 18.7. The molecule has 1 saturated heterocycles. The van der Waals surface area contributed by atoms with Gasteiger partial charge in [-0.3, -0.25) is 14.3 Å². The fourth-order valence-electron chi connectivity index (χ4n) is 1.71. The number of ether oxygens (including phenoxy) is 1. The Bertz CT molecular complexity index is 513. The summed E-state index contributed by atoms with van der Waals surface area (Å²) in [4.78, 5) is 24.0. The number of nitrogens with one attached hydrogen (secondary N) is 1. The highest BCUT2D eigenvalue weighted by molar-refractivity contribution is 9.09. The Morgan fingerprint density at radius 1 is 1.53 bits per heavy atom. The van der Waals surface area contributed by atoms with Crippen molar-refractivity contribution in [3.05, 3.63) is 33.1 Å². The Kier molecular flexibility index (Phi) is 3.48. The first-order valence-electron chi connectivity index (χ1n) is 4.94. The summed E-state index contributed by atoms with van der Waals surface area (Å²) in [5.41, 5.74) is -1.13. The van der Waals surface area contributed by atoms with Crippen molar-refractivity contribution >= 4 is 15.9 Å².